The minimum atomic E-state index is -0.752. The number of hydrogen-bond donors (Lipinski definition) is 3. The van der Waals surface area contributed by atoms with E-state index in [1.54, 1.807) is 36.4 Å². The van der Waals surface area contributed by atoms with E-state index in [1.165, 1.54) is 6.26 Å². The third-order valence-electron chi connectivity index (χ3n) is 3.00. The standard InChI is InChI=1S/C14H11N3O4/c18-12(10-5-2-6-21-10)15-9-4-1-3-8(7-9)11-13(19)17-14(20)16-11/h1-7,11H,(H,15,18)(H2,16,17,19,20). The smallest absolute Gasteiger partial charge is 0.322 e. The number of hydrogen-bond acceptors (Lipinski definition) is 4. The third kappa shape index (κ3) is 2.62. The Kier molecular flexibility index (Phi) is 3.15. The Morgan fingerprint density at radius 1 is 1.19 bits per heavy atom. The van der Waals surface area contributed by atoms with Gasteiger partial charge in [0, 0.05) is 5.69 Å². The average molecular weight is 285 g/mol. The predicted octanol–water partition coefficient (Wildman–Crippen LogP) is 1.41. The summed E-state index contributed by atoms with van der Waals surface area (Å²) in [6, 6.07) is 8.56. The van der Waals surface area contributed by atoms with Gasteiger partial charge in [-0.3, -0.25) is 14.9 Å². The maximum Gasteiger partial charge on any atom is 0.322 e. The van der Waals surface area contributed by atoms with E-state index in [0.717, 1.165) is 0 Å². The lowest BCUT2D eigenvalue weighted by molar-refractivity contribution is -0.120. The summed E-state index contributed by atoms with van der Waals surface area (Å²) >= 11 is 0. The zero-order valence-corrected chi connectivity index (χ0v) is 10.8. The summed E-state index contributed by atoms with van der Waals surface area (Å²) in [7, 11) is 0. The second-order valence-electron chi connectivity index (χ2n) is 4.45. The summed E-state index contributed by atoms with van der Waals surface area (Å²) in [6.45, 7) is 0. The van der Waals surface area contributed by atoms with Crippen molar-refractivity contribution in [1.29, 1.82) is 0 Å². The molecule has 1 unspecified atom stereocenters. The monoisotopic (exact) mass is 285 g/mol. The normalized spacial score (nSPS) is 17.2. The fraction of sp³-hybridized carbons (Fsp3) is 0.0714. The van der Waals surface area contributed by atoms with Crippen molar-refractivity contribution in [2.45, 2.75) is 6.04 Å². The minimum absolute atomic E-state index is 0.187. The van der Waals surface area contributed by atoms with Crippen LogP contribution in [0.4, 0.5) is 10.5 Å². The Morgan fingerprint density at radius 2 is 2.05 bits per heavy atom. The molecule has 0 spiro atoms. The Balaban J connectivity index is 1.79. The summed E-state index contributed by atoms with van der Waals surface area (Å²) in [5.41, 5.74) is 1.08. The van der Waals surface area contributed by atoms with Crippen molar-refractivity contribution in [3.63, 3.8) is 0 Å². The van der Waals surface area contributed by atoms with Crippen molar-refractivity contribution in [1.82, 2.24) is 10.6 Å². The molecule has 21 heavy (non-hydrogen) atoms. The fourth-order valence-corrected chi connectivity index (χ4v) is 2.05. The molecular formula is C14H11N3O4. The van der Waals surface area contributed by atoms with E-state index in [9.17, 15) is 14.4 Å². The van der Waals surface area contributed by atoms with Crippen molar-refractivity contribution in [2.75, 3.05) is 5.32 Å². The topological polar surface area (TPSA) is 100 Å². The molecular weight excluding hydrogens is 274 g/mol. The predicted molar refractivity (Wildman–Crippen MR) is 72.5 cm³/mol. The summed E-state index contributed by atoms with van der Waals surface area (Å²) < 4.78 is 5.00. The van der Waals surface area contributed by atoms with Gasteiger partial charge >= 0.3 is 6.03 Å². The van der Waals surface area contributed by atoms with E-state index in [0.29, 0.717) is 11.3 Å². The van der Waals surface area contributed by atoms with Crippen LogP contribution in [0.3, 0.4) is 0 Å². The molecule has 1 aliphatic rings. The highest BCUT2D eigenvalue weighted by Crippen LogP contribution is 2.20. The molecule has 1 atom stereocenters. The van der Waals surface area contributed by atoms with E-state index in [1.807, 2.05) is 0 Å². The van der Waals surface area contributed by atoms with Gasteiger partial charge in [-0.2, -0.15) is 0 Å². The zero-order chi connectivity index (χ0) is 14.8. The SMILES string of the molecule is O=C1NC(=O)C(c2cccc(NC(=O)c3ccco3)c2)N1. The van der Waals surface area contributed by atoms with Crippen molar-refractivity contribution < 1.29 is 18.8 Å². The van der Waals surface area contributed by atoms with Crippen LogP contribution < -0.4 is 16.0 Å². The summed E-state index contributed by atoms with van der Waals surface area (Å²) in [5.74, 6) is -0.626. The van der Waals surface area contributed by atoms with Crippen molar-refractivity contribution in [3.8, 4) is 0 Å². The molecule has 1 aromatic carbocycles. The van der Waals surface area contributed by atoms with Crippen LogP contribution in [0.2, 0.25) is 0 Å². The molecule has 7 nitrogen and oxygen atoms in total. The lowest BCUT2D eigenvalue weighted by atomic mass is 10.1. The maximum absolute atomic E-state index is 11.9. The van der Waals surface area contributed by atoms with Crippen LogP contribution in [0.1, 0.15) is 22.2 Å². The highest BCUT2D eigenvalue weighted by atomic mass is 16.3. The molecule has 3 rings (SSSR count). The van der Waals surface area contributed by atoms with Crippen LogP contribution in [-0.4, -0.2) is 17.8 Å². The van der Waals surface area contributed by atoms with Crippen molar-refractivity contribution in [2.24, 2.45) is 0 Å². The number of nitrogens with one attached hydrogen (secondary N) is 3. The van der Waals surface area contributed by atoms with Crippen LogP contribution in [0.25, 0.3) is 0 Å². The fourth-order valence-electron chi connectivity index (χ4n) is 2.05. The van der Waals surface area contributed by atoms with Gasteiger partial charge in [-0.15, -0.1) is 0 Å². The van der Waals surface area contributed by atoms with E-state index >= 15 is 0 Å². The highest BCUT2D eigenvalue weighted by molar-refractivity contribution is 6.05. The first kappa shape index (κ1) is 12.9. The molecule has 2 heterocycles. The van der Waals surface area contributed by atoms with Crippen molar-refractivity contribution >= 4 is 23.5 Å². The summed E-state index contributed by atoms with van der Waals surface area (Å²) in [6.07, 6.45) is 1.41. The number of amides is 4. The Hall–Kier alpha value is -3.09. The number of anilines is 1. The number of furan rings is 1. The van der Waals surface area contributed by atoms with Gasteiger partial charge in [-0.05, 0) is 29.8 Å². The van der Waals surface area contributed by atoms with Crippen LogP contribution in [0, 0.1) is 0 Å². The van der Waals surface area contributed by atoms with Crippen LogP contribution in [-0.2, 0) is 4.79 Å². The quantitative estimate of drug-likeness (QED) is 0.742. The van der Waals surface area contributed by atoms with Crippen molar-refractivity contribution in [3.05, 3.63) is 54.0 Å². The lowest BCUT2D eigenvalue weighted by Gasteiger charge is -2.10. The zero-order valence-electron chi connectivity index (χ0n) is 10.8. The molecule has 1 saturated heterocycles. The van der Waals surface area contributed by atoms with Gasteiger partial charge in [0.25, 0.3) is 11.8 Å². The molecule has 0 aliphatic carbocycles. The van der Waals surface area contributed by atoms with E-state index < -0.39 is 23.9 Å². The first-order valence-electron chi connectivity index (χ1n) is 6.19. The van der Waals surface area contributed by atoms with Gasteiger partial charge < -0.3 is 15.1 Å². The molecule has 7 heteroatoms. The number of carbonyl (C=O) groups excluding carboxylic acids is 3. The minimum Gasteiger partial charge on any atom is -0.459 e. The van der Waals surface area contributed by atoms with E-state index in [2.05, 4.69) is 16.0 Å². The summed E-state index contributed by atoms with van der Waals surface area (Å²) in [4.78, 5) is 34.6. The number of urea groups is 1. The number of benzene rings is 1. The molecule has 2 aromatic rings. The first-order chi connectivity index (χ1) is 10.1. The second kappa shape index (κ2) is 5.12. The third-order valence-corrected chi connectivity index (χ3v) is 3.00. The van der Waals surface area contributed by atoms with Gasteiger partial charge in [0.2, 0.25) is 0 Å². The molecule has 4 amide bonds. The van der Waals surface area contributed by atoms with Gasteiger partial charge in [0.15, 0.2) is 5.76 Å². The number of rotatable bonds is 3. The van der Waals surface area contributed by atoms with Gasteiger partial charge in [-0.25, -0.2) is 4.79 Å². The molecule has 3 N–H and O–H groups in total. The Labute approximate surface area is 119 Å². The first-order valence-corrected chi connectivity index (χ1v) is 6.19. The van der Waals surface area contributed by atoms with Crippen LogP contribution >= 0.6 is 0 Å². The molecule has 0 bridgehead atoms. The average Bonchev–Trinajstić information content (AvgIpc) is 3.08. The highest BCUT2D eigenvalue weighted by Gasteiger charge is 2.30. The molecule has 1 aromatic heterocycles. The molecule has 0 radical (unpaired) electrons. The van der Waals surface area contributed by atoms with Gasteiger partial charge in [-0.1, -0.05) is 12.1 Å². The van der Waals surface area contributed by atoms with Crippen LogP contribution in [0.5, 0.6) is 0 Å². The van der Waals surface area contributed by atoms with E-state index in [-0.39, 0.29) is 5.76 Å². The molecule has 1 fully saturated rings. The molecule has 1 aliphatic heterocycles. The van der Waals surface area contributed by atoms with E-state index in [4.69, 9.17) is 4.42 Å². The lowest BCUT2D eigenvalue weighted by Crippen LogP contribution is -2.22. The number of carbonyl (C=O) groups is 3. The number of imide groups is 1. The maximum atomic E-state index is 11.9. The second-order valence-corrected chi connectivity index (χ2v) is 4.45. The largest absolute Gasteiger partial charge is 0.459 e. The molecule has 0 saturated carbocycles. The Bertz CT molecular complexity index is 709. The van der Waals surface area contributed by atoms with Gasteiger partial charge in [0.1, 0.15) is 6.04 Å². The summed E-state index contributed by atoms with van der Waals surface area (Å²) in [5, 5.41) is 7.31. The van der Waals surface area contributed by atoms with Crippen LogP contribution in [0.15, 0.2) is 47.1 Å². The molecule has 106 valence electrons. The van der Waals surface area contributed by atoms with Gasteiger partial charge in [0.05, 0.1) is 6.26 Å². The Morgan fingerprint density at radius 3 is 2.71 bits per heavy atom.